The molecule has 1 aliphatic rings. The lowest BCUT2D eigenvalue weighted by Gasteiger charge is -2.37. The van der Waals surface area contributed by atoms with E-state index >= 15 is 0 Å². The van der Waals surface area contributed by atoms with Gasteiger partial charge in [-0.2, -0.15) is 0 Å². The third kappa shape index (κ3) is 10.2. The summed E-state index contributed by atoms with van der Waals surface area (Å²) in [5.74, 6) is -3.25. The number of amides is 4. The minimum absolute atomic E-state index is 0.0166. The van der Waals surface area contributed by atoms with Crippen molar-refractivity contribution in [1.82, 2.24) is 15.5 Å². The molecule has 0 unspecified atom stereocenters. The summed E-state index contributed by atoms with van der Waals surface area (Å²) in [6.45, 7) is 4.90. The van der Waals surface area contributed by atoms with E-state index in [1.807, 2.05) is 0 Å². The molecule has 0 fully saturated rings. The van der Waals surface area contributed by atoms with E-state index in [4.69, 9.17) is 27.9 Å². The Morgan fingerprint density at radius 1 is 1.00 bits per heavy atom. The Hall–Kier alpha value is -4.68. The molecule has 0 saturated heterocycles. The summed E-state index contributed by atoms with van der Waals surface area (Å²) in [5.41, 5.74) is 0.706. The van der Waals surface area contributed by atoms with Gasteiger partial charge in [0.25, 0.3) is 0 Å². The largest absolute Gasteiger partial charge is 0.508 e. The molecule has 0 radical (unpaired) electrons. The van der Waals surface area contributed by atoms with Crippen molar-refractivity contribution >= 4 is 58.5 Å². The Morgan fingerprint density at radius 3 is 2.41 bits per heavy atom. The summed E-state index contributed by atoms with van der Waals surface area (Å²) in [6, 6.07) is 13.2. The molecule has 1 heterocycles. The number of carbonyl (C=O) groups excluding carboxylic acids is 5. The summed E-state index contributed by atoms with van der Waals surface area (Å²) >= 11 is 11.8. The van der Waals surface area contributed by atoms with Gasteiger partial charge in [0.1, 0.15) is 23.4 Å². The number of anilines is 1. The number of Topliss-reactive ketones (excluding diaryl/α,β-unsaturated/α-hetero) is 1. The van der Waals surface area contributed by atoms with Gasteiger partial charge >= 0.3 is 6.09 Å². The van der Waals surface area contributed by atoms with Gasteiger partial charge in [0.05, 0.1) is 15.7 Å². The Morgan fingerprint density at radius 2 is 1.71 bits per heavy atom. The number of phenolic OH excluding ortho intramolecular Hbond substituents is 1. The molecule has 0 bridgehead atoms. The number of aromatic hydroxyl groups is 1. The number of phenols is 1. The minimum Gasteiger partial charge on any atom is -0.508 e. The number of alkyl carbamates (subject to hydrolysis) is 1. The molecular weight excluding hydrogens is 678 g/mol. The molecule has 3 aromatic carbocycles. The second-order valence-corrected chi connectivity index (χ2v) is 13.3. The van der Waals surface area contributed by atoms with Crippen molar-refractivity contribution < 1.29 is 38.2 Å². The van der Waals surface area contributed by atoms with E-state index in [2.05, 4.69) is 16.0 Å². The number of nitrogens with one attached hydrogen (secondary N) is 3. The zero-order valence-electron chi connectivity index (χ0n) is 27.1. The van der Waals surface area contributed by atoms with Crippen LogP contribution in [0.5, 0.6) is 5.75 Å². The van der Waals surface area contributed by atoms with E-state index in [0.29, 0.717) is 16.7 Å². The van der Waals surface area contributed by atoms with E-state index in [1.165, 1.54) is 29.2 Å². The van der Waals surface area contributed by atoms with Crippen LogP contribution in [-0.4, -0.2) is 63.8 Å². The van der Waals surface area contributed by atoms with Crippen molar-refractivity contribution in [3.63, 3.8) is 0 Å². The van der Waals surface area contributed by atoms with E-state index < -0.39 is 52.3 Å². The van der Waals surface area contributed by atoms with Gasteiger partial charge in [-0.05, 0) is 62.6 Å². The first kappa shape index (κ1) is 37.1. The zero-order valence-corrected chi connectivity index (χ0v) is 28.7. The van der Waals surface area contributed by atoms with Crippen molar-refractivity contribution in [1.29, 1.82) is 0 Å². The van der Waals surface area contributed by atoms with Crippen molar-refractivity contribution in [2.45, 2.75) is 70.7 Å². The highest BCUT2D eigenvalue weighted by atomic mass is 35.5. The first-order valence-electron chi connectivity index (χ1n) is 15.5. The van der Waals surface area contributed by atoms with Crippen LogP contribution in [0.3, 0.4) is 0 Å². The number of fused-ring (bicyclic) bond motifs is 1. The molecule has 14 heteroatoms. The summed E-state index contributed by atoms with van der Waals surface area (Å²) in [6.07, 6.45) is -1.13. The molecule has 11 nitrogen and oxygen atoms in total. The maximum Gasteiger partial charge on any atom is 0.407 e. The lowest BCUT2D eigenvalue weighted by molar-refractivity contribution is -0.142. The molecule has 49 heavy (non-hydrogen) atoms. The molecular formula is C35H37Cl2FN4O7. The molecule has 0 aliphatic carbocycles. The van der Waals surface area contributed by atoms with Crippen LogP contribution < -0.4 is 16.0 Å². The van der Waals surface area contributed by atoms with Crippen molar-refractivity contribution in [2.75, 3.05) is 11.9 Å². The summed E-state index contributed by atoms with van der Waals surface area (Å²) < 4.78 is 20.1. The first-order valence-corrected chi connectivity index (χ1v) is 16.3. The number of benzene rings is 3. The highest BCUT2D eigenvalue weighted by molar-refractivity contribution is 6.42. The number of hydrogen-bond donors (Lipinski definition) is 4. The van der Waals surface area contributed by atoms with Gasteiger partial charge in [-0.15, -0.1) is 0 Å². The van der Waals surface area contributed by atoms with Crippen molar-refractivity contribution in [3.05, 3.63) is 93.2 Å². The number of rotatable bonds is 11. The second kappa shape index (κ2) is 16.1. The second-order valence-electron chi connectivity index (χ2n) is 12.5. The summed E-state index contributed by atoms with van der Waals surface area (Å²) in [4.78, 5) is 67.3. The van der Waals surface area contributed by atoms with E-state index in [1.54, 1.807) is 57.2 Å². The van der Waals surface area contributed by atoms with Gasteiger partial charge in [-0.1, -0.05) is 59.6 Å². The Bertz CT molecular complexity index is 1730. The maximum absolute atomic E-state index is 14.8. The van der Waals surface area contributed by atoms with Crippen LogP contribution in [-0.2, 0) is 32.1 Å². The van der Waals surface area contributed by atoms with E-state index in [-0.39, 0.29) is 61.0 Å². The smallest absolute Gasteiger partial charge is 0.407 e. The summed E-state index contributed by atoms with van der Waals surface area (Å²) in [5, 5.41) is 17.2. The lowest BCUT2D eigenvalue weighted by atomic mass is 9.92. The monoisotopic (exact) mass is 714 g/mol. The Kier molecular flexibility index (Phi) is 12.2. The van der Waals surface area contributed by atoms with Gasteiger partial charge in [0.15, 0.2) is 11.6 Å². The maximum atomic E-state index is 14.8. The SMILES string of the molecule is CC(C)(C)OC(=O)NCC[C@H](NC(=O)[C@@H]1Cc2ccc(O)cc2CN1C(=O)CCC(=O)c1ccccc1)C(=O)Nc1ccc(Cl)c(Cl)c1F. The van der Waals surface area contributed by atoms with Crippen LogP contribution in [0.4, 0.5) is 14.9 Å². The van der Waals surface area contributed by atoms with Crippen molar-refractivity contribution in [3.8, 4) is 5.75 Å². The van der Waals surface area contributed by atoms with Gasteiger partial charge in [-0.3, -0.25) is 19.2 Å². The Labute approximate surface area is 293 Å². The van der Waals surface area contributed by atoms with Gasteiger partial charge in [0, 0.05) is 37.9 Å². The fourth-order valence-electron chi connectivity index (χ4n) is 5.21. The lowest BCUT2D eigenvalue weighted by Crippen LogP contribution is -2.56. The topological polar surface area (TPSA) is 154 Å². The molecule has 1 aliphatic heterocycles. The average Bonchev–Trinajstić information content (AvgIpc) is 3.05. The number of ether oxygens (including phenoxy) is 1. The fraction of sp³-hybridized carbons (Fsp3) is 0.343. The summed E-state index contributed by atoms with van der Waals surface area (Å²) in [7, 11) is 0. The average molecular weight is 716 g/mol. The molecule has 0 saturated carbocycles. The van der Waals surface area contributed by atoms with Gasteiger partial charge in [-0.25, -0.2) is 9.18 Å². The molecule has 4 N–H and O–H groups in total. The molecule has 3 aromatic rings. The molecule has 0 aromatic heterocycles. The highest BCUT2D eigenvalue weighted by Gasteiger charge is 2.37. The standard InChI is InChI=1S/C35H37Cl2FN4O7/c1-35(2,3)49-34(48)39-16-15-26(32(46)40-25-12-11-24(36)30(37)31(25)38)41-33(47)27-18-21-9-10-23(43)17-22(21)19-42(27)29(45)14-13-28(44)20-7-5-4-6-8-20/h4-12,17,26-27,43H,13-16,18-19H2,1-3H3,(H,39,48)(H,40,46)(H,41,47)/t26-,27-/m0/s1. The van der Waals surface area contributed by atoms with Gasteiger partial charge in [0.2, 0.25) is 17.7 Å². The molecule has 4 amide bonds. The Balaban J connectivity index is 1.55. The molecule has 260 valence electrons. The van der Waals surface area contributed by atoms with Crippen LogP contribution in [0.2, 0.25) is 10.0 Å². The van der Waals surface area contributed by atoms with E-state index in [9.17, 15) is 33.5 Å². The quantitative estimate of drug-likeness (QED) is 0.145. The third-order valence-electron chi connectivity index (χ3n) is 7.63. The third-order valence-corrected chi connectivity index (χ3v) is 8.41. The molecule has 4 rings (SSSR count). The zero-order chi connectivity index (χ0) is 35.9. The van der Waals surface area contributed by atoms with Crippen LogP contribution >= 0.6 is 23.2 Å². The van der Waals surface area contributed by atoms with Gasteiger partial charge < -0.3 is 30.7 Å². The number of hydrogen-bond acceptors (Lipinski definition) is 7. The first-order chi connectivity index (χ1) is 23.1. The van der Waals surface area contributed by atoms with E-state index in [0.717, 1.165) is 0 Å². The minimum atomic E-state index is -1.32. The highest BCUT2D eigenvalue weighted by Crippen LogP contribution is 2.31. The molecule has 0 spiro atoms. The number of nitrogens with zero attached hydrogens (tertiary/aromatic N) is 1. The number of halogens is 3. The molecule has 2 atom stereocenters. The van der Waals surface area contributed by atoms with Crippen LogP contribution in [0.25, 0.3) is 0 Å². The van der Waals surface area contributed by atoms with Crippen LogP contribution in [0.1, 0.15) is 61.5 Å². The van der Waals surface area contributed by atoms with Crippen molar-refractivity contribution in [2.24, 2.45) is 0 Å². The normalized spacial score (nSPS) is 14.7. The predicted molar refractivity (Wildman–Crippen MR) is 182 cm³/mol. The van der Waals surface area contributed by atoms with Crippen LogP contribution in [0.15, 0.2) is 60.7 Å². The number of carbonyl (C=O) groups is 5. The number of ketones is 1. The predicted octanol–water partition coefficient (Wildman–Crippen LogP) is 5.79. The van der Waals surface area contributed by atoms with Crippen LogP contribution in [0, 0.1) is 5.82 Å². The fourth-order valence-corrected chi connectivity index (χ4v) is 5.52.